The van der Waals surface area contributed by atoms with Gasteiger partial charge in [-0.1, -0.05) is 35.5 Å². The van der Waals surface area contributed by atoms with Crippen molar-refractivity contribution in [1.29, 1.82) is 0 Å². The third-order valence-corrected chi connectivity index (χ3v) is 4.11. The smallest absolute Gasteiger partial charge is 0.337 e. The Morgan fingerprint density at radius 1 is 0.880 bits per heavy atom. The van der Waals surface area contributed by atoms with Gasteiger partial charge in [-0.2, -0.15) is 0 Å². The average molecular weight is 332 g/mol. The van der Waals surface area contributed by atoms with Crippen molar-refractivity contribution in [3.63, 3.8) is 0 Å². The molecule has 1 aromatic heterocycles. The van der Waals surface area contributed by atoms with Gasteiger partial charge < -0.3 is 16.0 Å². The molecule has 0 unspecified atom stereocenters. The summed E-state index contributed by atoms with van der Waals surface area (Å²) in [6, 6.07) is 13.8. The number of aromatic nitrogens is 2. The van der Waals surface area contributed by atoms with E-state index in [0.29, 0.717) is 27.6 Å². The van der Waals surface area contributed by atoms with Gasteiger partial charge >= 0.3 is 5.97 Å². The van der Waals surface area contributed by atoms with Gasteiger partial charge in [-0.15, -0.1) is 0 Å². The van der Waals surface area contributed by atoms with Crippen LogP contribution in [0.4, 0.5) is 0 Å². The van der Waals surface area contributed by atoms with Crippen molar-refractivity contribution in [1.82, 2.24) is 9.97 Å². The minimum atomic E-state index is -1.06. The Kier molecular flexibility index (Phi) is 3.21. The van der Waals surface area contributed by atoms with Gasteiger partial charge in [0.2, 0.25) is 0 Å². The second-order valence-electron chi connectivity index (χ2n) is 5.52. The topological polar surface area (TPSA) is 122 Å². The first-order chi connectivity index (χ1) is 12.1. The summed E-state index contributed by atoms with van der Waals surface area (Å²) in [4.78, 5) is 20.6. The number of para-hydroxylation sites is 1. The summed E-state index contributed by atoms with van der Waals surface area (Å²) in [5.41, 5.74) is 8.44. The minimum absolute atomic E-state index is 0.00933. The summed E-state index contributed by atoms with van der Waals surface area (Å²) >= 11 is 0. The van der Waals surface area contributed by atoms with Crippen molar-refractivity contribution in [3.05, 3.63) is 59.7 Å². The molecule has 122 valence electrons. The van der Waals surface area contributed by atoms with Crippen LogP contribution in [-0.4, -0.2) is 32.1 Å². The zero-order chi connectivity index (χ0) is 17.6. The van der Waals surface area contributed by atoms with Gasteiger partial charge in [0, 0.05) is 10.9 Å². The summed E-state index contributed by atoms with van der Waals surface area (Å²) in [6.45, 7) is 0. The van der Waals surface area contributed by atoms with Gasteiger partial charge in [-0.3, -0.25) is 0 Å². The van der Waals surface area contributed by atoms with E-state index in [1.807, 2.05) is 12.1 Å². The fourth-order valence-corrected chi connectivity index (χ4v) is 2.97. The van der Waals surface area contributed by atoms with Crippen LogP contribution in [0.25, 0.3) is 32.8 Å². The molecule has 0 spiro atoms. The number of nitrogens with two attached hydrogens (primary N) is 1. The molecule has 0 aliphatic heterocycles. The number of aromatic carboxylic acids is 1. The zero-order valence-electron chi connectivity index (χ0n) is 12.8. The van der Waals surface area contributed by atoms with Crippen molar-refractivity contribution in [2.75, 3.05) is 0 Å². The predicted octanol–water partition coefficient (Wildman–Crippen LogP) is 2.73. The van der Waals surface area contributed by atoms with Gasteiger partial charge in [0.15, 0.2) is 5.84 Å². The lowest BCUT2D eigenvalue weighted by atomic mass is 10.0. The lowest BCUT2D eigenvalue weighted by Gasteiger charge is -2.09. The molecule has 0 saturated carbocycles. The molecule has 0 aliphatic rings. The van der Waals surface area contributed by atoms with E-state index < -0.39 is 5.97 Å². The van der Waals surface area contributed by atoms with Crippen molar-refractivity contribution in [3.8, 4) is 0 Å². The van der Waals surface area contributed by atoms with Crippen molar-refractivity contribution < 1.29 is 15.1 Å². The molecule has 4 rings (SSSR count). The van der Waals surface area contributed by atoms with E-state index in [1.165, 1.54) is 6.07 Å². The number of carboxylic acid groups (broad SMARTS) is 1. The molecular weight excluding hydrogens is 320 g/mol. The van der Waals surface area contributed by atoms with Crippen LogP contribution >= 0.6 is 0 Å². The molecule has 1 heterocycles. The van der Waals surface area contributed by atoms with E-state index >= 15 is 0 Å². The number of carboxylic acids is 1. The normalized spacial score (nSPS) is 12.1. The summed E-state index contributed by atoms with van der Waals surface area (Å²) in [6.07, 6.45) is 0. The molecule has 0 saturated heterocycles. The highest BCUT2D eigenvalue weighted by molar-refractivity contribution is 6.15. The molecule has 3 aromatic carbocycles. The maximum Gasteiger partial charge on any atom is 0.337 e. The summed E-state index contributed by atoms with van der Waals surface area (Å²) in [7, 11) is 0. The summed E-state index contributed by atoms with van der Waals surface area (Å²) in [5.74, 6) is -1.07. The van der Waals surface area contributed by atoms with Crippen LogP contribution in [0, 0.1) is 0 Å². The van der Waals surface area contributed by atoms with Gasteiger partial charge in [0.05, 0.1) is 22.1 Å². The minimum Gasteiger partial charge on any atom is -0.478 e. The first kappa shape index (κ1) is 14.8. The summed E-state index contributed by atoms with van der Waals surface area (Å²) < 4.78 is 0. The van der Waals surface area contributed by atoms with E-state index in [-0.39, 0.29) is 11.4 Å². The second kappa shape index (κ2) is 5.41. The average Bonchev–Trinajstić information content (AvgIpc) is 2.64. The van der Waals surface area contributed by atoms with Crippen molar-refractivity contribution in [2.24, 2.45) is 10.9 Å². The van der Waals surface area contributed by atoms with E-state index in [9.17, 15) is 9.90 Å². The standard InChI is InChI=1S/C18H12N4O3/c19-17(22-25)11-4-1-3-10-9(11)7-8-14-15(10)21-16-12(18(23)24)5-2-6-13(16)20-14/h1-8,25H,(H2,19,22)(H,23,24). The molecule has 4 N–H and O–H groups in total. The molecular formula is C18H12N4O3. The van der Waals surface area contributed by atoms with Gasteiger partial charge in [0.25, 0.3) is 0 Å². The summed E-state index contributed by atoms with van der Waals surface area (Å²) in [5, 5.41) is 22.9. The van der Waals surface area contributed by atoms with Crippen molar-refractivity contribution >= 4 is 44.6 Å². The van der Waals surface area contributed by atoms with E-state index in [0.717, 1.165) is 10.8 Å². The molecule has 7 heteroatoms. The van der Waals surface area contributed by atoms with Crippen LogP contribution in [0.2, 0.25) is 0 Å². The van der Waals surface area contributed by atoms with Crippen LogP contribution < -0.4 is 5.73 Å². The number of carbonyl (C=O) groups is 1. The molecule has 0 fully saturated rings. The quantitative estimate of drug-likeness (QED) is 0.130. The van der Waals surface area contributed by atoms with Gasteiger partial charge in [-0.05, 0) is 23.6 Å². The zero-order valence-corrected chi connectivity index (χ0v) is 12.8. The molecule has 25 heavy (non-hydrogen) atoms. The fourth-order valence-electron chi connectivity index (χ4n) is 2.97. The molecule has 0 radical (unpaired) electrons. The number of amidine groups is 1. The molecule has 4 aromatic rings. The number of benzene rings is 3. The van der Waals surface area contributed by atoms with Gasteiger partial charge in [-0.25, -0.2) is 14.8 Å². The lowest BCUT2D eigenvalue weighted by Crippen LogP contribution is -2.13. The monoisotopic (exact) mass is 332 g/mol. The SMILES string of the molecule is NC(=NO)c1cccc2c1ccc1nc3cccc(C(=O)O)c3nc12. The number of fused-ring (bicyclic) bond motifs is 4. The van der Waals surface area contributed by atoms with E-state index in [2.05, 4.69) is 15.1 Å². The Morgan fingerprint density at radius 2 is 1.60 bits per heavy atom. The highest BCUT2D eigenvalue weighted by Gasteiger charge is 2.14. The first-order valence-electron chi connectivity index (χ1n) is 7.43. The predicted molar refractivity (Wildman–Crippen MR) is 94.0 cm³/mol. The first-order valence-corrected chi connectivity index (χ1v) is 7.43. The number of oxime groups is 1. The number of hydrogen-bond acceptors (Lipinski definition) is 5. The van der Waals surface area contributed by atoms with Crippen LogP contribution in [0.5, 0.6) is 0 Å². The number of nitrogens with zero attached hydrogens (tertiary/aromatic N) is 3. The molecule has 0 amide bonds. The van der Waals surface area contributed by atoms with Crippen LogP contribution in [0.3, 0.4) is 0 Å². The highest BCUT2D eigenvalue weighted by Crippen LogP contribution is 2.28. The number of rotatable bonds is 2. The molecule has 0 bridgehead atoms. The van der Waals surface area contributed by atoms with Gasteiger partial charge in [0.1, 0.15) is 5.52 Å². The molecule has 0 aliphatic carbocycles. The van der Waals surface area contributed by atoms with E-state index in [1.54, 1.807) is 30.3 Å². The maximum atomic E-state index is 11.5. The largest absolute Gasteiger partial charge is 0.478 e. The Bertz CT molecular complexity index is 1200. The Morgan fingerprint density at radius 3 is 2.36 bits per heavy atom. The fraction of sp³-hybridized carbons (Fsp3) is 0. The third kappa shape index (κ3) is 2.21. The Labute approximate surface area is 141 Å². The Hall–Kier alpha value is -3.74. The highest BCUT2D eigenvalue weighted by atomic mass is 16.4. The van der Waals surface area contributed by atoms with E-state index in [4.69, 9.17) is 10.9 Å². The Balaban J connectivity index is 2.17. The third-order valence-electron chi connectivity index (χ3n) is 4.11. The second-order valence-corrected chi connectivity index (χ2v) is 5.52. The maximum absolute atomic E-state index is 11.5. The molecule has 0 atom stereocenters. The van der Waals surface area contributed by atoms with Crippen LogP contribution in [-0.2, 0) is 0 Å². The van der Waals surface area contributed by atoms with Crippen molar-refractivity contribution in [2.45, 2.75) is 0 Å². The van der Waals surface area contributed by atoms with Crippen LogP contribution in [0.15, 0.2) is 53.7 Å². The lowest BCUT2D eigenvalue weighted by molar-refractivity contribution is 0.0699. The van der Waals surface area contributed by atoms with Crippen LogP contribution in [0.1, 0.15) is 15.9 Å². The molecule has 7 nitrogen and oxygen atoms in total. The number of hydrogen-bond donors (Lipinski definition) is 3.